The molecule has 11 heteroatoms. The number of Topliss-reactive ketones (excluding diaryl/α,β-unsaturated/α-hetero) is 1. The van der Waals surface area contributed by atoms with Crippen LogP contribution in [0.3, 0.4) is 0 Å². The molecule has 3 N–H and O–H groups in total. The first-order chi connectivity index (χ1) is 16.2. The van der Waals surface area contributed by atoms with Crippen molar-refractivity contribution in [3.8, 4) is 0 Å². The highest BCUT2D eigenvalue weighted by Crippen LogP contribution is 2.20. The van der Waals surface area contributed by atoms with Crippen molar-refractivity contribution in [2.24, 2.45) is 5.10 Å². The van der Waals surface area contributed by atoms with Gasteiger partial charge in [0.05, 0.1) is 31.0 Å². The number of rotatable bonds is 9. The van der Waals surface area contributed by atoms with Gasteiger partial charge in [-0.15, -0.1) is 0 Å². The van der Waals surface area contributed by atoms with Crippen LogP contribution in [-0.4, -0.2) is 49.5 Å². The molecule has 0 unspecified atom stereocenters. The molecule has 0 aromatic heterocycles. The predicted octanol–water partition coefficient (Wildman–Crippen LogP) is 2.60. The van der Waals surface area contributed by atoms with Gasteiger partial charge in [0.15, 0.2) is 11.5 Å². The number of carbonyl (C=O) groups excluding carboxylic acids is 5. The number of hydrogen-bond donors (Lipinski definition) is 3. The molecular weight excluding hydrogens is 444 g/mol. The summed E-state index contributed by atoms with van der Waals surface area (Å²) in [7, 11) is 2.38. The van der Waals surface area contributed by atoms with E-state index in [0.717, 1.165) is 6.92 Å². The highest BCUT2D eigenvalue weighted by molar-refractivity contribution is 6.67. The van der Waals surface area contributed by atoms with Crippen LogP contribution in [0, 0.1) is 0 Å². The van der Waals surface area contributed by atoms with Crippen LogP contribution in [0.1, 0.15) is 41.0 Å². The van der Waals surface area contributed by atoms with E-state index in [4.69, 9.17) is 4.74 Å². The molecule has 0 saturated heterocycles. The lowest BCUT2D eigenvalue weighted by Gasteiger charge is -2.11. The average molecular weight is 468 g/mol. The Bertz CT molecular complexity index is 1140. The maximum atomic E-state index is 12.6. The van der Waals surface area contributed by atoms with Gasteiger partial charge in [-0.05, 0) is 42.5 Å². The molecule has 0 bridgehead atoms. The summed E-state index contributed by atoms with van der Waals surface area (Å²) in [4.78, 5) is 60.0. The van der Waals surface area contributed by atoms with E-state index in [0.29, 0.717) is 17.8 Å². The summed E-state index contributed by atoms with van der Waals surface area (Å²) in [5, 5.41) is 9.06. The van der Waals surface area contributed by atoms with E-state index in [9.17, 15) is 24.0 Å². The molecule has 178 valence electrons. The van der Waals surface area contributed by atoms with Crippen LogP contribution >= 0.6 is 0 Å². The summed E-state index contributed by atoms with van der Waals surface area (Å²) in [6, 6.07) is 10.2. The van der Waals surface area contributed by atoms with E-state index in [1.54, 1.807) is 31.2 Å². The predicted molar refractivity (Wildman–Crippen MR) is 125 cm³/mol. The SMILES string of the molecule is CCC(=O)Nc1ccc(NC(=O)/C(=N\Nc2cc(C(=O)OC)ccc2C(=O)OC)C(C)=O)cc1. The lowest BCUT2D eigenvalue weighted by molar-refractivity contribution is -0.116. The maximum Gasteiger partial charge on any atom is 0.340 e. The van der Waals surface area contributed by atoms with Crippen LogP contribution in [0.5, 0.6) is 0 Å². The van der Waals surface area contributed by atoms with Crippen molar-refractivity contribution < 1.29 is 33.4 Å². The molecule has 0 saturated carbocycles. The minimum Gasteiger partial charge on any atom is -0.465 e. The smallest absolute Gasteiger partial charge is 0.340 e. The number of hydrogen-bond acceptors (Lipinski definition) is 9. The molecule has 0 fully saturated rings. The van der Waals surface area contributed by atoms with Crippen molar-refractivity contribution >= 4 is 52.3 Å². The van der Waals surface area contributed by atoms with Crippen LogP contribution < -0.4 is 16.1 Å². The van der Waals surface area contributed by atoms with Crippen molar-refractivity contribution in [2.45, 2.75) is 20.3 Å². The zero-order valence-electron chi connectivity index (χ0n) is 19.1. The topological polar surface area (TPSA) is 152 Å². The molecule has 2 aromatic carbocycles. The van der Waals surface area contributed by atoms with E-state index in [2.05, 4.69) is 25.9 Å². The van der Waals surface area contributed by atoms with Crippen molar-refractivity contribution in [3.05, 3.63) is 53.6 Å². The van der Waals surface area contributed by atoms with Crippen LogP contribution in [-0.2, 0) is 23.9 Å². The van der Waals surface area contributed by atoms with E-state index >= 15 is 0 Å². The fourth-order valence-corrected chi connectivity index (χ4v) is 2.65. The fraction of sp³-hybridized carbons (Fsp3) is 0.217. The normalized spacial score (nSPS) is 10.6. The van der Waals surface area contributed by atoms with Gasteiger partial charge in [0.25, 0.3) is 5.91 Å². The molecule has 2 aromatic rings. The third kappa shape index (κ3) is 6.73. The highest BCUT2D eigenvalue weighted by Gasteiger charge is 2.19. The zero-order valence-corrected chi connectivity index (χ0v) is 19.1. The van der Waals surface area contributed by atoms with Crippen LogP contribution in [0.2, 0.25) is 0 Å². The van der Waals surface area contributed by atoms with Gasteiger partial charge in [-0.3, -0.25) is 19.8 Å². The van der Waals surface area contributed by atoms with E-state index in [1.807, 2.05) is 0 Å². The summed E-state index contributed by atoms with van der Waals surface area (Å²) >= 11 is 0. The number of amides is 2. The van der Waals surface area contributed by atoms with Gasteiger partial charge in [0.1, 0.15) is 0 Å². The highest BCUT2D eigenvalue weighted by atomic mass is 16.5. The van der Waals surface area contributed by atoms with Crippen molar-refractivity contribution in [1.82, 2.24) is 0 Å². The Morgan fingerprint density at radius 2 is 1.44 bits per heavy atom. The monoisotopic (exact) mass is 468 g/mol. The van der Waals surface area contributed by atoms with E-state index < -0.39 is 29.3 Å². The Hall–Kier alpha value is -4.54. The standard InChI is InChI=1S/C23H24N4O7/c1-5-19(29)24-15-7-9-16(10-8-15)25-21(30)20(13(2)28)27-26-18-12-14(22(31)33-3)6-11-17(18)23(32)34-4/h6-12,26H,5H2,1-4H3,(H,24,29)(H,25,30)/b27-20-. The second-order valence-electron chi connectivity index (χ2n) is 6.81. The number of hydrazone groups is 1. The van der Waals surface area contributed by atoms with E-state index in [-0.39, 0.29) is 22.7 Å². The Labute approximate surface area is 195 Å². The van der Waals surface area contributed by atoms with Gasteiger partial charge in [-0.2, -0.15) is 5.10 Å². The number of ketones is 1. The van der Waals surface area contributed by atoms with Crippen LogP contribution in [0.4, 0.5) is 17.1 Å². The minimum absolute atomic E-state index is 0.0203. The number of methoxy groups -OCH3 is 2. The van der Waals surface area contributed by atoms with Gasteiger partial charge in [0.2, 0.25) is 5.91 Å². The Morgan fingerprint density at radius 3 is 1.97 bits per heavy atom. The van der Waals surface area contributed by atoms with Gasteiger partial charge in [0, 0.05) is 24.7 Å². The lowest BCUT2D eigenvalue weighted by atomic mass is 10.1. The number of carbonyl (C=O) groups is 5. The Kier molecular flexibility index (Phi) is 9.00. The first-order valence-corrected chi connectivity index (χ1v) is 10.1. The Morgan fingerprint density at radius 1 is 0.853 bits per heavy atom. The summed E-state index contributed by atoms with van der Waals surface area (Å²) in [6.07, 6.45) is 0.324. The lowest BCUT2D eigenvalue weighted by Crippen LogP contribution is -2.29. The molecule has 0 radical (unpaired) electrons. The first-order valence-electron chi connectivity index (χ1n) is 10.1. The second-order valence-corrected chi connectivity index (χ2v) is 6.81. The fourth-order valence-electron chi connectivity index (χ4n) is 2.65. The third-order valence-electron chi connectivity index (χ3n) is 4.43. The summed E-state index contributed by atoms with van der Waals surface area (Å²) in [5.41, 5.74) is 3.06. The molecule has 0 aliphatic heterocycles. The summed E-state index contributed by atoms with van der Waals surface area (Å²) < 4.78 is 9.37. The quantitative estimate of drug-likeness (QED) is 0.220. The number of esters is 2. The first kappa shape index (κ1) is 25.7. The van der Waals surface area contributed by atoms with Crippen molar-refractivity contribution in [3.63, 3.8) is 0 Å². The van der Waals surface area contributed by atoms with Crippen molar-refractivity contribution in [1.29, 1.82) is 0 Å². The summed E-state index contributed by atoms with van der Waals surface area (Å²) in [5.74, 6) is -3.00. The zero-order chi connectivity index (χ0) is 25.3. The third-order valence-corrected chi connectivity index (χ3v) is 4.43. The van der Waals surface area contributed by atoms with Gasteiger partial charge >= 0.3 is 11.9 Å². The second kappa shape index (κ2) is 11.9. The molecule has 0 aliphatic carbocycles. The maximum absolute atomic E-state index is 12.6. The van der Waals surface area contributed by atoms with Crippen molar-refractivity contribution in [2.75, 3.05) is 30.3 Å². The molecule has 0 aliphatic rings. The minimum atomic E-state index is -0.811. The molecule has 34 heavy (non-hydrogen) atoms. The molecule has 2 amide bonds. The van der Waals surface area contributed by atoms with Crippen LogP contribution in [0.15, 0.2) is 47.6 Å². The Balaban J connectivity index is 2.27. The number of anilines is 3. The van der Waals surface area contributed by atoms with E-state index in [1.165, 1.54) is 32.4 Å². The van der Waals surface area contributed by atoms with Gasteiger partial charge in [-0.1, -0.05) is 6.92 Å². The molecule has 0 atom stereocenters. The number of nitrogens with zero attached hydrogens (tertiary/aromatic N) is 1. The number of nitrogens with one attached hydrogen (secondary N) is 3. The molecule has 2 rings (SSSR count). The number of ether oxygens (including phenoxy) is 2. The van der Waals surface area contributed by atoms with Gasteiger partial charge in [-0.25, -0.2) is 9.59 Å². The van der Waals surface area contributed by atoms with Crippen LogP contribution in [0.25, 0.3) is 0 Å². The molecule has 0 spiro atoms. The average Bonchev–Trinajstić information content (AvgIpc) is 2.83. The molecular formula is C23H24N4O7. The largest absolute Gasteiger partial charge is 0.465 e. The molecule has 0 heterocycles. The van der Waals surface area contributed by atoms with Gasteiger partial charge < -0.3 is 20.1 Å². The number of benzene rings is 2. The summed E-state index contributed by atoms with van der Waals surface area (Å²) in [6.45, 7) is 2.87. The molecule has 11 nitrogen and oxygen atoms in total.